The molecule has 1 heterocycles. The van der Waals surface area contributed by atoms with Gasteiger partial charge in [-0.2, -0.15) is 5.26 Å². The lowest BCUT2D eigenvalue weighted by atomic mass is 9.63. The van der Waals surface area contributed by atoms with Crippen LogP contribution in [0.5, 0.6) is 0 Å². The summed E-state index contributed by atoms with van der Waals surface area (Å²) in [6, 6.07) is 2.15. The Morgan fingerprint density at radius 1 is 1.65 bits per heavy atom. The molecule has 0 spiro atoms. The van der Waals surface area contributed by atoms with Gasteiger partial charge in [0.15, 0.2) is 5.41 Å². The molecule has 0 aromatic rings. The van der Waals surface area contributed by atoms with Crippen LogP contribution in [-0.2, 0) is 19.1 Å². The average Bonchev–Trinajstić information content (AvgIpc) is 2.65. The fraction of sp³-hybridized carbons (Fsp3) is 0.786. The zero-order valence-electron chi connectivity index (χ0n) is 11.6. The lowest BCUT2D eigenvalue weighted by molar-refractivity contribution is -0.174. The van der Waals surface area contributed by atoms with Gasteiger partial charge in [-0.25, -0.2) is 0 Å². The van der Waals surface area contributed by atoms with Gasteiger partial charge < -0.3 is 9.47 Å². The number of alkyl halides is 1. The maximum absolute atomic E-state index is 12.0. The number of nitrogens with zero attached hydrogens (tertiary/aromatic N) is 1. The molecule has 2 fully saturated rings. The quantitative estimate of drug-likeness (QED) is 0.409. The maximum Gasteiger partial charge on any atom is 0.327 e. The van der Waals surface area contributed by atoms with Gasteiger partial charge in [-0.1, -0.05) is 42.9 Å². The second-order valence-electron chi connectivity index (χ2n) is 5.40. The largest absolute Gasteiger partial charge is 0.458 e. The molecular weight excluding hydrogens is 373 g/mol. The summed E-state index contributed by atoms with van der Waals surface area (Å²) in [7, 11) is 0. The lowest BCUT2D eigenvalue weighted by Gasteiger charge is -2.40. The number of hydrogen-bond donors (Lipinski definition) is 0. The zero-order valence-corrected chi connectivity index (χ0v) is 13.8. The van der Waals surface area contributed by atoms with Crippen LogP contribution in [-0.4, -0.2) is 28.1 Å². The third kappa shape index (κ3) is 2.30. The van der Waals surface area contributed by atoms with E-state index in [1.807, 2.05) is 36.4 Å². The van der Waals surface area contributed by atoms with E-state index in [2.05, 4.69) is 6.07 Å². The number of esters is 2. The van der Waals surface area contributed by atoms with Crippen LogP contribution in [0.2, 0.25) is 0 Å². The number of fused-ring (bicyclic) bond motifs is 1. The number of hydrogen-bond acceptors (Lipinski definition) is 5. The van der Waals surface area contributed by atoms with Crippen LogP contribution in [0.3, 0.4) is 0 Å². The minimum absolute atomic E-state index is 0.132. The molecule has 0 aromatic heterocycles. The normalized spacial score (nSPS) is 36.3. The highest BCUT2D eigenvalue weighted by atomic mass is 127. The minimum Gasteiger partial charge on any atom is -0.458 e. The van der Waals surface area contributed by atoms with Crippen molar-refractivity contribution < 1.29 is 19.1 Å². The number of carbonyl (C=O) groups is 2. The van der Waals surface area contributed by atoms with Crippen LogP contribution < -0.4 is 0 Å². The first-order chi connectivity index (χ1) is 9.50. The first-order valence-corrected chi connectivity index (χ1v) is 8.21. The van der Waals surface area contributed by atoms with Gasteiger partial charge in [-0.3, -0.25) is 9.59 Å². The molecule has 1 saturated carbocycles. The molecule has 5 unspecified atom stereocenters. The van der Waals surface area contributed by atoms with Crippen LogP contribution in [0.25, 0.3) is 0 Å². The fourth-order valence-electron chi connectivity index (χ4n) is 2.97. The Kier molecular flexibility index (Phi) is 4.57. The predicted octanol–water partition coefficient (Wildman–Crippen LogP) is 2.37. The molecule has 20 heavy (non-hydrogen) atoms. The highest BCUT2D eigenvalue weighted by Crippen LogP contribution is 2.53. The van der Waals surface area contributed by atoms with E-state index in [4.69, 9.17) is 9.47 Å². The van der Waals surface area contributed by atoms with Crippen molar-refractivity contribution in [2.45, 2.75) is 55.7 Å². The van der Waals surface area contributed by atoms with Crippen molar-refractivity contribution in [1.82, 2.24) is 0 Å². The molecule has 1 aliphatic heterocycles. The number of ether oxygens (including phenoxy) is 2. The number of carbonyl (C=O) groups excluding carboxylic acids is 2. The maximum atomic E-state index is 12.0. The molecule has 2 rings (SSSR count). The van der Waals surface area contributed by atoms with E-state index < -0.39 is 17.5 Å². The minimum atomic E-state index is -1.03. The molecule has 0 aromatic carbocycles. The highest BCUT2D eigenvalue weighted by Gasteiger charge is 2.66. The van der Waals surface area contributed by atoms with Gasteiger partial charge >= 0.3 is 11.9 Å². The molecule has 0 radical (unpaired) electrons. The molecule has 0 amide bonds. The number of halogens is 1. The SMILES string of the molecule is CCCC1(C#N)C(=O)OC2C(OC(=O)C(I)CC)CC21. The summed E-state index contributed by atoms with van der Waals surface area (Å²) < 4.78 is 10.5. The van der Waals surface area contributed by atoms with E-state index in [-0.39, 0.29) is 21.9 Å². The smallest absolute Gasteiger partial charge is 0.327 e. The van der Waals surface area contributed by atoms with Gasteiger partial charge in [0.1, 0.15) is 16.1 Å². The molecule has 5 atom stereocenters. The van der Waals surface area contributed by atoms with E-state index in [1.165, 1.54) is 0 Å². The first-order valence-electron chi connectivity index (χ1n) is 6.97. The van der Waals surface area contributed by atoms with Crippen LogP contribution in [0.1, 0.15) is 39.5 Å². The Morgan fingerprint density at radius 2 is 2.35 bits per heavy atom. The van der Waals surface area contributed by atoms with Gasteiger partial charge in [-0.05, 0) is 19.3 Å². The Labute approximate surface area is 132 Å². The molecule has 110 valence electrons. The van der Waals surface area contributed by atoms with Crippen molar-refractivity contribution in [2.75, 3.05) is 0 Å². The van der Waals surface area contributed by atoms with Gasteiger partial charge in [0.2, 0.25) is 0 Å². The third-order valence-electron chi connectivity index (χ3n) is 4.22. The van der Waals surface area contributed by atoms with Gasteiger partial charge in [0, 0.05) is 5.92 Å². The summed E-state index contributed by atoms with van der Waals surface area (Å²) in [6.07, 6.45) is 1.70. The van der Waals surface area contributed by atoms with Crippen LogP contribution in [0, 0.1) is 22.7 Å². The summed E-state index contributed by atoms with van der Waals surface area (Å²) in [5.74, 6) is -0.846. The van der Waals surface area contributed by atoms with Gasteiger partial charge in [0.25, 0.3) is 0 Å². The first kappa shape index (κ1) is 15.5. The van der Waals surface area contributed by atoms with Crippen molar-refractivity contribution in [2.24, 2.45) is 11.3 Å². The topological polar surface area (TPSA) is 76.4 Å². The van der Waals surface area contributed by atoms with Crippen LogP contribution in [0.4, 0.5) is 0 Å². The molecule has 0 N–H and O–H groups in total. The standard InChI is InChI=1S/C14H18INO4/c1-3-5-14(7-16)8-6-10(11(8)20-13(14)18)19-12(17)9(15)4-2/h8-11H,3-6H2,1-2H3. The summed E-state index contributed by atoms with van der Waals surface area (Å²) in [4.78, 5) is 23.8. The molecule has 1 saturated heterocycles. The Morgan fingerprint density at radius 3 is 2.90 bits per heavy atom. The van der Waals surface area contributed by atoms with E-state index in [0.29, 0.717) is 19.3 Å². The molecular formula is C14H18INO4. The predicted molar refractivity (Wildman–Crippen MR) is 78.9 cm³/mol. The zero-order chi connectivity index (χ0) is 14.9. The Balaban J connectivity index is 2.03. The Bertz CT molecular complexity index is 461. The monoisotopic (exact) mass is 391 g/mol. The second-order valence-corrected chi connectivity index (χ2v) is 6.90. The third-order valence-corrected chi connectivity index (χ3v) is 5.60. The molecule has 1 aliphatic carbocycles. The summed E-state index contributed by atoms with van der Waals surface area (Å²) in [5, 5.41) is 9.37. The highest BCUT2D eigenvalue weighted by molar-refractivity contribution is 14.1. The van der Waals surface area contributed by atoms with E-state index in [1.54, 1.807) is 0 Å². The molecule has 5 nitrogen and oxygen atoms in total. The van der Waals surface area contributed by atoms with E-state index in [9.17, 15) is 14.9 Å². The van der Waals surface area contributed by atoms with Gasteiger partial charge in [0.05, 0.1) is 6.07 Å². The molecule has 0 bridgehead atoms. The van der Waals surface area contributed by atoms with Crippen LogP contribution >= 0.6 is 22.6 Å². The van der Waals surface area contributed by atoms with E-state index >= 15 is 0 Å². The van der Waals surface area contributed by atoms with Crippen molar-refractivity contribution in [3.8, 4) is 6.07 Å². The van der Waals surface area contributed by atoms with Crippen molar-refractivity contribution in [3.05, 3.63) is 0 Å². The molecule has 6 heteroatoms. The number of rotatable bonds is 5. The summed E-state index contributed by atoms with van der Waals surface area (Å²) >= 11 is 2.04. The summed E-state index contributed by atoms with van der Waals surface area (Å²) in [6.45, 7) is 3.86. The Hall–Kier alpha value is -0.840. The average molecular weight is 391 g/mol. The van der Waals surface area contributed by atoms with Crippen molar-refractivity contribution in [1.29, 1.82) is 5.26 Å². The lowest BCUT2D eigenvalue weighted by Crippen LogP contribution is -2.51. The van der Waals surface area contributed by atoms with E-state index in [0.717, 1.165) is 6.42 Å². The van der Waals surface area contributed by atoms with Gasteiger partial charge in [-0.15, -0.1) is 0 Å². The molecule has 2 aliphatic rings. The van der Waals surface area contributed by atoms with Crippen molar-refractivity contribution >= 4 is 34.5 Å². The van der Waals surface area contributed by atoms with Crippen LogP contribution in [0.15, 0.2) is 0 Å². The fourth-order valence-corrected chi connectivity index (χ4v) is 3.12. The number of nitriles is 1. The van der Waals surface area contributed by atoms with Crippen molar-refractivity contribution in [3.63, 3.8) is 0 Å². The second kappa shape index (κ2) is 5.88. The summed E-state index contributed by atoms with van der Waals surface area (Å²) in [5.41, 5.74) is -1.03.